The summed E-state index contributed by atoms with van der Waals surface area (Å²) in [6.07, 6.45) is 3.79. The Morgan fingerprint density at radius 1 is 1.21 bits per heavy atom. The fourth-order valence-electron chi connectivity index (χ4n) is 3.26. The van der Waals surface area contributed by atoms with Crippen molar-refractivity contribution in [2.24, 2.45) is 0 Å². The molecule has 0 fully saturated rings. The SMILES string of the molecule is COc1cc(/C=C/C(=O)NCCc2c(C)[nH]c3ccccc23)cc(O)c1OC. The van der Waals surface area contributed by atoms with E-state index in [1.165, 1.54) is 37.3 Å². The van der Waals surface area contributed by atoms with E-state index in [4.69, 9.17) is 9.47 Å². The lowest BCUT2D eigenvalue weighted by Gasteiger charge is -2.10. The van der Waals surface area contributed by atoms with E-state index in [1.54, 1.807) is 12.1 Å². The van der Waals surface area contributed by atoms with Gasteiger partial charge in [-0.1, -0.05) is 18.2 Å². The summed E-state index contributed by atoms with van der Waals surface area (Å²) in [5, 5.41) is 14.1. The van der Waals surface area contributed by atoms with Gasteiger partial charge in [0.2, 0.25) is 11.7 Å². The smallest absolute Gasteiger partial charge is 0.244 e. The Bertz CT molecular complexity index is 1020. The molecule has 3 rings (SSSR count). The average Bonchev–Trinajstić information content (AvgIpc) is 3.01. The van der Waals surface area contributed by atoms with Crippen LogP contribution >= 0.6 is 0 Å². The molecule has 0 atom stereocenters. The van der Waals surface area contributed by atoms with Crippen LogP contribution in [0.3, 0.4) is 0 Å². The molecule has 1 heterocycles. The zero-order valence-corrected chi connectivity index (χ0v) is 16.2. The third-order valence-corrected chi connectivity index (χ3v) is 4.61. The van der Waals surface area contributed by atoms with Crippen LogP contribution < -0.4 is 14.8 Å². The van der Waals surface area contributed by atoms with Gasteiger partial charge in [-0.25, -0.2) is 0 Å². The fourth-order valence-corrected chi connectivity index (χ4v) is 3.26. The number of aromatic amines is 1. The number of phenols is 1. The standard InChI is InChI=1S/C22H24N2O4/c1-14-16(17-6-4-5-7-18(17)24-14)10-11-23-21(26)9-8-15-12-19(25)22(28-3)20(13-15)27-2/h4-9,12-13,24-25H,10-11H2,1-3H3,(H,23,26)/b9-8+. The second kappa shape index (κ2) is 8.52. The summed E-state index contributed by atoms with van der Waals surface area (Å²) in [4.78, 5) is 15.5. The Kier molecular flexibility index (Phi) is 5.89. The lowest BCUT2D eigenvalue weighted by atomic mass is 10.1. The van der Waals surface area contributed by atoms with Gasteiger partial charge in [0.25, 0.3) is 0 Å². The molecule has 3 aromatic rings. The van der Waals surface area contributed by atoms with Gasteiger partial charge in [-0.2, -0.15) is 0 Å². The monoisotopic (exact) mass is 380 g/mol. The van der Waals surface area contributed by atoms with Gasteiger partial charge in [0, 0.05) is 29.2 Å². The fraction of sp³-hybridized carbons (Fsp3) is 0.227. The summed E-state index contributed by atoms with van der Waals surface area (Å²) in [6.45, 7) is 2.57. The molecule has 1 aromatic heterocycles. The first kappa shape index (κ1) is 19.4. The first-order chi connectivity index (χ1) is 13.5. The van der Waals surface area contributed by atoms with Crippen LogP contribution in [0.25, 0.3) is 17.0 Å². The molecule has 0 saturated heterocycles. The second-order valence-electron chi connectivity index (χ2n) is 6.42. The van der Waals surface area contributed by atoms with Crippen LogP contribution in [0.2, 0.25) is 0 Å². The zero-order valence-electron chi connectivity index (χ0n) is 16.2. The Morgan fingerprint density at radius 3 is 2.75 bits per heavy atom. The van der Waals surface area contributed by atoms with Crippen molar-refractivity contribution in [2.45, 2.75) is 13.3 Å². The quantitative estimate of drug-likeness (QED) is 0.547. The molecular weight excluding hydrogens is 356 g/mol. The number of nitrogens with one attached hydrogen (secondary N) is 2. The summed E-state index contributed by atoms with van der Waals surface area (Å²) < 4.78 is 10.3. The predicted molar refractivity (Wildman–Crippen MR) is 110 cm³/mol. The molecule has 6 heteroatoms. The van der Waals surface area contributed by atoms with Gasteiger partial charge in [-0.3, -0.25) is 4.79 Å². The normalized spacial score (nSPS) is 11.1. The summed E-state index contributed by atoms with van der Waals surface area (Å²) in [7, 11) is 2.94. The molecule has 0 spiro atoms. The molecule has 0 aliphatic rings. The molecule has 0 unspecified atom stereocenters. The highest BCUT2D eigenvalue weighted by Gasteiger charge is 2.11. The molecule has 0 saturated carbocycles. The molecule has 146 valence electrons. The molecule has 0 aliphatic carbocycles. The molecule has 0 aliphatic heterocycles. The highest BCUT2D eigenvalue weighted by Crippen LogP contribution is 2.37. The number of carbonyl (C=O) groups excluding carboxylic acids is 1. The van der Waals surface area contributed by atoms with E-state index in [2.05, 4.69) is 16.4 Å². The molecule has 3 N–H and O–H groups in total. The second-order valence-corrected chi connectivity index (χ2v) is 6.42. The van der Waals surface area contributed by atoms with Gasteiger partial charge in [-0.15, -0.1) is 0 Å². The van der Waals surface area contributed by atoms with Crippen molar-refractivity contribution in [2.75, 3.05) is 20.8 Å². The summed E-state index contributed by atoms with van der Waals surface area (Å²) >= 11 is 0. The number of aryl methyl sites for hydroxylation is 1. The minimum atomic E-state index is -0.202. The number of methoxy groups -OCH3 is 2. The van der Waals surface area contributed by atoms with Crippen molar-refractivity contribution in [3.63, 3.8) is 0 Å². The Balaban J connectivity index is 1.61. The first-order valence-electron chi connectivity index (χ1n) is 9.00. The van der Waals surface area contributed by atoms with Gasteiger partial charge < -0.3 is 24.9 Å². The molecule has 1 amide bonds. The molecule has 0 bridgehead atoms. The molecular formula is C22H24N2O4. The van der Waals surface area contributed by atoms with Crippen LogP contribution in [0.5, 0.6) is 17.2 Å². The minimum Gasteiger partial charge on any atom is -0.504 e. The number of phenolic OH excluding ortho intramolecular Hbond substituents is 1. The predicted octanol–water partition coefficient (Wildman–Crippen LogP) is 3.57. The third kappa shape index (κ3) is 4.11. The van der Waals surface area contributed by atoms with E-state index < -0.39 is 0 Å². The van der Waals surface area contributed by atoms with E-state index >= 15 is 0 Å². The van der Waals surface area contributed by atoms with Gasteiger partial charge in [0.1, 0.15) is 0 Å². The number of para-hydroxylation sites is 1. The maximum Gasteiger partial charge on any atom is 0.244 e. The molecule has 0 radical (unpaired) electrons. The number of hydrogen-bond acceptors (Lipinski definition) is 4. The van der Waals surface area contributed by atoms with Gasteiger partial charge in [0.15, 0.2) is 11.5 Å². The van der Waals surface area contributed by atoms with Crippen molar-refractivity contribution >= 4 is 22.9 Å². The van der Waals surface area contributed by atoms with Crippen molar-refractivity contribution in [3.8, 4) is 17.2 Å². The maximum atomic E-state index is 12.1. The van der Waals surface area contributed by atoms with E-state index in [9.17, 15) is 9.90 Å². The topological polar surface area (TPSA) is 83.6 Å². The van der Waals surface area contributed by atoms with Crippen LogP contribution in [0, 0.1) is 6.92 Å². The van der Waals surface area contributed by atoms with Crippen LogP contribution in [0.4, 0.5) is 0 Å². The van der Waals surface area contributed by atoms with E-state index in [0.717, 1.165) is 17.6 Å². The summed E-state index contributed by atoms with van der Waals surface area (Å²) in [6, 6.07) is 11.3. The number of H-pyrrole nitrogens is 1. The van der Waals surface area contributed by atoms with Crippen molar-refractivity contribution in [3.05, 3.63) is 59.3 Å². The molecule has 2 aromatic carbocycles. The van der Waals surface area contributed by atoms with Crippen LogP contribution in [0.15, 0.2) is 42.5 Å². The minimum absolute atomic E-state index is 0.0447. The highest BCUT2D eigenvalue weighted by molar-refractivity contribution is 5.92. The zero-order chi connectivity index (χ0) is 20.1. The number of aromatic hydroxyl groups is 1. The number of ether oxygens (including phenoxy) is 2. The number of carbonyl (C=O) groups is 1. The number of hydrogen-bond donors (Lipinski definition) is 3. The number of amides is 1. The van der Waals surface area contributed by atoms with Gasteiger partial charge in [0.05, 0.1) is 14.2 Å². The van der Waals surface area contributed by atoms with Crippen molar-refractivity contribution < 1.29 is 19.4 Å². The third-order valence-electron chi connectivity index (χ3n) is 4.61. The molecule has 6 nitrogen and oxygen atoms in total. The van der Waals surface area contributed by atoms with E-state index in [1.807, 2.05) is 25.1 Å². The largest absolute Gasteiger partial charge is 0.504 e. The number of benzene rings is 2. The highest BCUT2D eigenvalue weighted by atomic mass is 16.5. The van der Waals surface area contributed by atoms with Gasteiger partial charge >= 0.3 is 0 Å². The lowest BCUT2D eigenvalue weighted by molar-refractivity contribution is -0.116. The Hall–Kier alpha value is -3.41. The summed E-state index contributed by atoms with van der Waals surface area (Å²) in [5.41, 5.74) is 4.07. The van der Waals surface area contributed by atoms with Gasteiger partial charge in [-0.05, 0) is 48.7 Å². The number of aromatic nitrogens is 1. The number of rotatable bonds is 7. The van der Waals surface area contributed by atoms with Crippen molar-refractivity contribution in [1.29, 1.82) is 0 Å². The summed E-state index contributed by atoms with van der Waals surface area (Å²) in [5.74, 6) is 0.416. The maximum absolute atomic E-state index is 12.1. The number of fused-ring (bicyclic) bond motifs is 1. The van der Waals surface area contributed by atoms with Crippen LogP contribution in [-0.2, 0) is 11.2 Å². The first-order valence-corrected chi connectivity index (χ1v) is 9.00. The van der Waals surface area contributed by atoms with E-state index in [0.29, 0.717) is 17.9 Å². The Labute approximate surface area is 163 Å². The lowest BCUT2D eigenvalue weighted by Crippen LogP contribution is -2.23. The van der Waals surface area contributed by atoms with Crippen LogP contribution in [-0.4, -0.2) is 36.8 Å². The van der Waals surface area contributed by atoms with E-state index in [-0.39, 0.29) is 17.4 Å². The van der Waals surface area contributed by atoms with Crippen LogP contribution in [0.1, 0.15) is 16.8 Å². The molecule has 28 heavy (non-hydrogen) atoms. The Morgan fingerprint density at radius 2 is 2.00 bits per heavy atom. The van der Waals surface area contributed by atoms with Crippen molar-refractivity contribution in [1.82, 2.24) is 10.3 Å². The average molecular weight is 380 g/mol.